The highest BCUT2D eigenvalue weighted by Gasteiger charge is 2.33. The molecule has 2 amide bonds. The molecule has 5 nitrogen and oxygen atoms in total. The minimum Gasteiger partial charge on any atom is -0.338 e. The molecule has 1 aromatic heterocycles. The van der Waals surface area contributed by atoms with Crippen LogP contribution in [0.25, 0.3) is 10.4 Å². The molecule has 1 unspecified atom stereocenters. The van der Waals surface area contributed by atoms with E-state index >= 15 is 0 Å². The molecule has 2 atom stereocenters. The number of benzene rings is 1. The Bertz CT molecular complexity index is 980. The lowest BCUT2D eigenvalue weighted by Gasteiger charge is -2.30. The highest BCUT2D eigenvalue weighted by Crippen LogP contribution is 2.31. The van der Waals surface area contributed by atoms with Crippen LogP contribution in [0.2, 0.25) is 0 Å². The van der Waals surface area contributed by atoms with Crippen molar-refractivity contribution < 1.29 is 9.59 Å². The topological polar surface area (TPSA) is 43.9 Å². The van der Waals surface area contributed by atoms with Crippen LogP contribution in [0.1, 0.15) is 71.9 Å². The van der Waals surface area contributed by atoms with Crippen molar-refractivity contribution in [2.45, 2.75) is 64.0 Å². The number of nitrogens with zero attached hydrogens (tertiary/aromatic N) is 3. The molecule has 2 aromatic rings. The molecule has 0 N–H and O–H groups in total. The van der Waals surface area contributed by atoms with E-state index in [4.69, 9.17) is 0 Å². The Morgan fingerprint density at radius 2 is 1.61 bits per heavy atom. The van der Waals surface area contributed by atoms with Crippen LogP contribution in [-0.2, 0) is 0 Å². The van der Waals surface area contributed by atoms with Gasteiger partial charge in [-0.15, -0.1) is 11.3 Å². The first kappa shape index (κ1) is 22.6. The molecule has 0 radical (unpaired) electrons. The monoisotopic (exact) mass is 465 g/mol. The van der Waals surface area contributed by atoms with E-state index in [9.17, 15) is 9.59 Å². The predicted octanol–water partition coefficient (Wildman–Crippen LogP) is 5.13. The van der Waals surface area contributed by atoms with Crippen LogP contribution in [-0.4, -0.2) is 71.3 Å². The van der Waals surface area contributed by atoms with E-state index in [0.717, 1.165) is 79.3 Å². The summed E-state index contributed by atoms with van der Waals surface area (Å²) in [7, 11) is 0. The molecule has 3 fully saturated rings. The molecule has 176 valence electrons. The Morgan fingerprint density at radius 3 is 2.33 bits per heavy atom. The van der Waals surface area contributed by atoms with E-state index in [1.165, 1.54) is 19.3 Å². The Balaban J connectivity index is 1.24. The second-order valence-corrected chi connectivity index (χ2v) is 11.0. The lowest BCUT2D eigenvalue weighted by Crippen LogP contribution is -2.44. The van der Waals surface area contributed by atoms with Gasteiger partial charge >= 0.3 is 0 Å². The summed E-state index contributed by atoms with van der Waals surface area (Å²) >= 11 is 1.55. The molecular formula is C27H35N3O2S. The van der Waals surface area contributed by atoms with Crippen LogP contribution >= 0.6 is 11.3 Å². The molecule has 0 aliphatic carbocycles. The third-order valence-electron chi connectivity index (χ3n) is 7.65. The molecule has 1 aromatic carbocycles. The van der Waals surface area contributed by atoms with Crippen molar-refractivity contribution in [3.8, 4) is 10.4 Å². The normalized spacial score (nSPS) is 23.9. The summed E-state index contributed by atoms with van der Waals surface area (Å²) in [5.41, 5.74) is 1.83. The van der Waals surface area contributed by atoms with Crippen molar-refractivity contribution in [2.24, 2.45) is 0 Å². The van der Waals surface area contributed by atoms with Crippen molar-refractivity contribution >= 4 is 23.2 Å². The molecule has 3 aliphatic heterocycles. The molecular weight excluding hydrogens is 430 g/mol. The number of hydrogen-bond acceptors (Lipinski definition) is 4. The van der Waals surface area contributed by atoms with E-state index < -0.39 is 0 Å². The van der Waals surface area contributed by atoms with Gasteiger partial charge in [-0.05, 0) is 88.2 Å². The zero-order chi connectivity index (χ0) is 22.8. The molecule has 4 heterocycles. The summed E-state index contributed by atoms with van der Waals surface area (Å²) in [6, 6.07) is 12.9. The molecule has 3 aliphatic rings. The fourth-order valence-electron chi connectivity index (χ4n) is 5.63. The van der Waals surface area contributed by atoms with Gasteiger partial charge in [-0.25, -0.2) is 0 Å². The van der Waals surface area contributed by atoms with E-state index in [-0.39, 0.29) is 11.8 Å². The quantitative estimate of drug-likeness (QED) is 0.615. The number of thiophene rings is 1. The Hall–Kier alpha value is -2.18. The maximum absolute atomic E-state index is 13.3. The summed E-state index contributed by atoms with van der Waals surface area (Å²) in [4.78, 5) is 34.6. The SMILES string of the molecule is C[C@H]1CCCN1CC1CCCN1C(=O)c1ccc(-c2ccc(C(=O)N3CCCCC3)s2)cc1. The van der Waals surface area contributed by atoms with E-state index in [0.29, 0.717) is 12.1 Å². The van der Waals surface area contributed by atoms with Crippen LogP contribution in [0.15, 0.2) is 36.4 Å². The largest absolute Gasteiger partial charge is 0.338 e. The van der Waals surface area contributed by atoms with Gasteiger partial charge in [0, 0.05) is 48.7 Å². The first-order valence-corrected chi connectivity index (χ1v) is 13.5. The van der Waals surface area contributed by atoms with Gasteiger partial charge in [0.05, 0.1) is 4.88 Å². The van der Waals surface area contributed by atoms with Crippen LogP contribution in [0.4, 0.5) is 0 Å². The molecule has 6 heteroatoms. The Morgan fingerprint density at radius 1 is 0.848 bits per heavy atom. The first-order valence-electron chi connectivity index (χ1n) is 12.6. The third kappa shape index (κ3) is 4.87. The second kappa shape index (κ2) is 9.98. The smallest absolute Gasteiger partial charge is 0.263 e. The van der Waals surface area contributed by atoms with Gasteiger partial charge in [0.25, 0.3) is 11.8 Å². The third-order valence-corrected chi connectivity index (χ3v) is 8.77. The fraction of sp³-hybridized carbons (Fsp3) is 0.556. The standard InChI is InChI=1S/C27H35N3O2S/c1-20-7-5-17-29(20)19-23-8-6-18-30(23)26(31)22-11-9-21(10-12-22)24-13-14-25(33-24)27(32)28-15-3-2-4-16-28/h9-14,20,23H,2-8,15-19H2,1H3/t20-,23?/m0/s1. The second-order valence-electron chi connectivity index (χ2n) is 9.87. The number of carbonyl (C=O) groups excluding carboxylic acids is 2. The van der Waals surface area contributed by atoms with Crippen LogP contribution < -0.4 is 0 Å². The average Bonchev–Trinajstić information content (AvgIpc) is 3.61. The van der Waals surface area contributed by atoms with Crippen LogP contribution in [0.3, 0.4) is 0 Å². The fourth-order valence-corrected chi connectivity index (χ4v) is 6.61. The average molecular weight is 466 g/mol. The first-order chi connectivity index (χ1) is 16.1. The van der Waals surface area contributed by atoms with Crippen molar-refractivity contribution in [1.82, 2.24) is 14.7 Å². The highest BCUT2D eigenvalue weighted by atomic mass is 32.1. The number of rotatable bonds is 5. The maximum Gasteiger partial charge on any atom is 0.263 e. The summed E-state index contributed by atoms with van der Waals surface area (Å²) in [5, 5.41) is 0. The number of amides is 2. The number of carbonyl (C=O) groups is 2. The van der Waals surface area contributed by atoms with Crippen LogP contribution in [0.5, 0.6) is 0 Å². The highest BCUT2D eigenvalue weighted by molar-refractivity contribution is 7.17. The number of likely N-dealkylation sites (tertiary alicyclic amines) is 3. The zero-order valence-electron chi connectivity index (χ0n) is 19.7. The number of piperidine rings is 1. The number of hydrogen-bond donors (Lipinski definition) is 0. The van der Waals surface area contributed by atoms with Gasteiger partial charge in [-0.2, -0.15) is 0 Å². The lowest BCUT2D eigenvalue weighted by atomic mass is 10.1. The van der Waals surface area contributed by atoms with Gasteiger partial charge in [-0.1, -0.05) is 12.1 Å². The summed E-state index contributed by atoms with van der Waals surface area (Å²) in [6.07, 6.45) is 8.19. The predicted molar refractivity (Wildman–Crippen MR) is 134 cm³/mol. The minimum absolute atomic E-state index is 0.156. The molecule has 0 spiro atoms. The van der Waals surface area contributed by atoms with Gasteiger partial charge in [0.2, 0.25) is 0 Å². The molecule has 3 saturated heterocycles. The minimum atomic E-state index is 0.156. The van der Waals surface area contributed by atoms with Crippen molar-refractivity contribution in [3.05, 3.63) is 46.8 Å². The van der Waals surface area contributed by atoms with Crippen molar-refractivity contribution in [2.75, 3.05) is 32.7 Å². The summed E-state index contributed by atoms with van der Waals surface area (Å²) in [5.74, 6) is 0.313. The van der Waals surface area contributed by atoms with Gasteiger partial charge in [-0.3, -0.25) is 14.5 Å². The van der Waals surface area contributed by atoms with Crippen LogP contribution in [0, 0.1) is 0 Å². The van der Waals surface area contributed by atoms with Crippen molar-refractivity contribution in [3.63, 3.8) is 0 Å². The summed E-state index contributed by atoms with van der Waals surface area (Å²) < 4.78 is 0. The van der Waals surface area contributed by atoms with Gasteiger partial charge in [0.1, 0.15) is 0 Å². The molecule has 5 rings (SSSR count). The van der Waals surface area contributed by atoms with E-state index in [2.05, 4.69) is 16.7 Å². The van der Waals surface area contributed by atoms with E-state index in [1.807, 2.05) is 41.3 Å². The molecule has 33 heavy (non-hydrogen) atoms. The Kier molecular flexibility index (Phi) is 6.84. The molecule has 0 bridgehead atoms. The molecule has 0 saturated carbocycles. The lowest BCUT2D eigenvalue weighted by molar-refractivity contribution is 0.0695. The van der Waals surface area contributed by atoms with Gasteiger partial charge < -0.3 is 9.80 Å². The summed E-state index contributed by atoms with van der Waals surface area (Å²) in [6.45, 7) is 7.09. The van der Waals surface area contributed by atoms with E-state index in [1.54, 1.807) is 11.3 Å². The Labute approximate surface area is 201 Å². The zero-order valence-corrected chi connectivity index (χ0v) is 20.5. The van der Waals surface area contributed by atoms with Crippen molar-refractivity contribution in [1.29, 1.82) is 0 Å². The van der Waals surface area contributed by atoms with Gasteiger partial charge in [0.15, 0.2) is 0 Å². The maximum atomic E-state index is 13.3.